The Morgan fingerprint density at radius 1 is 1.13 bits per heavy atom. The van der Waals surface area contributed by atoms with Crippen LogP contribution in [-0.2, 0) is 17.6 Å². The van der Waals surface area contributed by atoms with Crippen molar-refractivity contribution >= 4 is 39.5 Å². The number of carbonyl (C=O) groups excluding carboxylic acids is 2. The van der Waals surface area contributed by atoms with Crippen molar-refractivity contribution in [2.24, 2.45) is 5.73 Å². The van der Waals surface area contributed by atoms with Gasteiger partial charge in [0.25, 0.3) is 5.91 Å². The Morgan fingerprint density at radius 2 is 1.90 bits per heavy atom. The molecule has 4 rings (SSSR count). The standard InChI is InChI=1S/C23H25N3O2S2/c1-14-8-10-15(11-9-14)21(18-7-4-12-29-18)25-13-19(27)26-23-20(22(24)28)16-5-2-3-6-17(16)30-23/h4,7-12,21,25H,2-3,5-6,13H2,1H3,(H2,24,28)(H,26,27)/t21-/m1/s1. The van der Waals surface area contributed by atoms with E-state index >= 15 is 0 Å². The number of fused-ring (bicyclic) bond motifs is 1. The number of benzene rings is 1. The molecule has 0 radical (unpaired) electrons. The van der Waals surface area contributed by atoms with Crippen molar-refractivity contribution in [3.8, 4) is 0 Å². The summed E-state index contributed by atoms with van der Waals surface area (Å²) in [5, 5.41) is 8.93. The Bertz CT molecular complexity index is 1040. The normalized spacial score (nSPS) is 14.2. The molecule has 1 atom stereocenters. The van der Waals surface area contributed by atoms with E-state index in [1.165, 1.54) is 21.8 Å². The predicted octanol–water partition coefficient (Wildman–Crippen LogP) is 4.41. The van der Waals surface area contributed by atoms with Crippen LogP contribution in [0.4, 0.5) is 5.00 Å². The van der Waals surface area contributed by atoms with Crippen molar-refractivity contribution in [2.45, 2.75) is 38.6 Å². The number of thiophene rings is 2. The Labute approximate surface area is 184 Å². The van der Waals surface area contributed by atoms with Crippen molar-refractivity contribution < 1.29 is 9.59 Å². The number of anilines is 1. The van der Waals surface area contributed by atoms with Crippen LogP contribution in [0.15, 0.2) is 41.8 Å². The maximum Gasteiger partial charge on any atom is 0.251 e. The molecule has 0 aliphatic heterocycles. The number of rotatable bonds is 7. The van der Waals surface area contributed by atoms with E-state index in [-0.39, 0.29) is 18.5 Å². The van der Waals surface area contributed by atoms with Crippen molar-refractivity contribution in [3.05, 3.63) is 73.8 Å². The average molecular weight is 440 g/mol. The van der Waals surface area contributed by atoms with Gasteiger partial charge in [-0.05, 0) is 55.2 Å². The molecule has 1 aliphatic rings. The number of primary amides is 1. The molecular weight excluding hydrogens is 414 g/mol. The van der Waals surface area contributed by atoms with Crippen molar-refractivity contribution in [3.63, 3.8) is 0 Å². The highest BCUT2D eigenvalue weighted by molar-refractivity contribution is 7.17. The summed E-state index contributed by atoms with van der Waals surface area (Å²) in [6.07, 6.45) is 3.96. The zero-order valence-corrected chi connectivity index (χ0v) is 18.5. The van der Waals surface area contributed by atoms with Crippen molar-refractivity contribution in [2.75, 3.05) is 11.9 Å². The Balaban J connectivity index is 1.49. The molecule has 0 saturated heterocycles. The molecule has 2 amide bonds. The summed E-state index contributed by atoms with van der Waals surface area (Å²) in [7, 11) is 0. The molecule has 0 bridgehead atoms. The first-order valence-electron chi connectivity index (χ1n) is 10.1. The summed E-state index contributed by atoms with van der Waals surface area (Å²) >= 11 is 3.15. The summed E-state index contributed by atoms with van der Waals surface area (Å²) in [6.45, 7) is 2.19. The molecule has 0 unspecified atom stereocenters. The molecule has 1 aliphatic carbocycles. The largest absolute Gasteiger partial charge is 0.365 e. The third-order valence-corrected chi connectivity index (χ3v) is 7.52. The van der Waals surface area contributed by atoms with Gasteiger partial charge >= 0.3 is 0 Å². The second kappa shape index (κ2) is 9.12. The lowest BCUT2D eigenvalue weighted by atomic mass is 9.95. The van der Waals surface area contributed by atoms with Gasteiger partial charge in [-0.15, -0.1) is 22.7 Å². The monoisotopic (exact) mass is 439 g/mol. The third kappa shape index (κ3) is 4.48. The number of hydrogen-bond donors (Lipinski definition) is 3. The van der Waals surface area contributed by atoms with Gasteiger partial charge in [0, 0.05) is 9.75 Å². The topological polar surface area (TPSA) is 84.2 Å². The smallest absolute Gasteiger partial charge is 0.251 e. The molecule has 0 saturated carbocycles. The minimum atomic E-state index is -0.464. The van der Waals surface area contributed by atoms with Crippen LogP contribution in [0.2, 0.25) is 0 Å². The van der Waals surface area contributed by atoms with Gasteiger partial charge in [0.05, 0.1) is 18.2 Å². The molecular formula is C23H25N3O2S2. The maximum atomic E-state index is 12.7. The lowest BCUT2D eigenvalue weighted by Gasteiger charge is -2.18. The van der Waals surface area contributed by atoms with E-state index in [2.05, 4.69) is 47.9 Å². The first-order valence-corrected chi connectivity index (χ1v) is 11.8. The first kappa shape index (κ1) is 20.8. The zero-order valence-electron chi connectivity index (χ0n) is 16.9. The predicted molar refractivity (Wildman–Crippen MR) is 123 cm³/mol. The second-order valence-corrected chi connectivity index (χ2v) is 9.65. The molecule has 0 spiro atoms. The molecule has 3 aromatic rings. The van der Waals surface area contributed by atoms with E-state index < -0.39 is 5.91 Å². The SMILES string of the molecule is Cc1ccc([C@@H](NCC(=O)Nc2sc3c(c2C(N)=O)CCCC3)c2cccs2)cc1. The quantitative estimate of drug-likeness (QED) is 0.510. The first-order chi connectivity index (χ1) is 14.5. The van der Waals surface area contributed by atoms with E-state index in [1.54, 1.807) is 11.3 Å². The second-order valence-electron chi connectivity index (χ2n) is 7.57. The van der Waals surface area contributed by atoms with Crippen molar-refractivity contribution in [1.82, 2.24) is 5.32 Å². The van der Waals surface area contributed by atoms with E-state index in [1.807, 2.05) is 11.4 Å². The molecule has 2 heterocycles. The third-order valence-electron chi connectivity index (χ3n) is 5.38. The number of aryl methyl sites for hydroxylation is 2. The van der Waals surface area contributed by atoms with Crippen LogP contribution in [0, 0.1) is 6.92 Å². The Morgan fingerprint density at radius 3 is 2.60 bits per heavy atom. The van der Waals surface area contributed by atoms with Crippen LogP contribution in [0.3, 0.4) is 0 Å². The average Bonchev–Trinajstić information content (AvgIpc) is 3.37. The minimum Gasteiger partial charge on any atom is -0.365 e. The summed E-state index contributed by atoms with van der Waals surface area (Å²) in [5.74, 6) is -0.640. The van der Waals surface area contributed by atoms with Crippen LogP contribution >= 0.6 is 22.7 Å². The van der Waals surface area contributed by atoms with Crippen LogP contribution in [0.5, 0.6) is 0 Å². The van der Waals surface area contributed by atoms with Gasteiger partial charge in [-0.25, -0.2) is 0 Å². The number of nitrogens with two attached hydrogens (primary N) is 1. The van der Waals surface area contributed by atoms with Gasteiger partial charge in [0.15, 0.2) is 0 Å². The highest BCUT2D eigenvalue weighted by Crippen LogP contribution is 2.37. The van der Waals surface area contributed by atoms with Gasteiger partial charge in [-0.3, -0.25) is 14.9 Å². The summed E-state index contributed by atoms with van der Waals surface area (Å²) in [4.78, 5) is 27.1. The Kier molecular flexibility index (Phi) is 6.32. The number of carbonyl (C=O) groups is 2. The van der Waals surface area contributed by atoms with Crippen LogP contribution in [0.25, 0.3) is 0 Å². The highest BCUT2D eigenvalue weighted by atomic mass is 32.1. The molecule has 2 aromatic heterocycles. The lowest BCUT2D eigenvalue weighted by Crippen LogP contribution is -2.32. The van der Waals surface area contributed by atoms with Gasteiger partial charge in [-0.2, -0.15) is 0 Å². The summed E-state index contributed by atoms with van der Waals surface area (Å²) in [6, 6.07) is 12.3. The fourth-order valence-electron chi connectivity index (χ4n) is 3.88. The molecule has 1 aromatic carbocycles. The van der Waals surface area contributed by atoms with Crippen LogP contribution < -0.4 is 16.4 Å². The lowest BCUT2D eigenvalue weighted by molar-refractivity contribution is -0.115. The van der Waals surface area contributed by atoms with E-state index in [0.29, 0.717) is 10.6 Å². The fourth-order valence-corrected chi connectivity index (χ4v) is 6.02. The maximum absolute atomic E-state index is 12.7. The number of nitrogens with one attached hydrogen (secondary N) is 2. The van der Waals surface area contributed by atoms with E-state index in [0.717, 1.165) is 41.7 Å². The minimum absolute atomic E-state index is 0.0662. The van der Waals surface area contributed by atoms with Crippen LogP contribution in [-0.4, -0.2) is 18.4 Å². The molecule has 0 fully saturated rings. The highest BCUT2D eigenvalue weighted by Gasteiger charge is 2.25. The van der Waals surface area contributed by atoms with E-state index in [4.69, 9.17) is 5.73 Å². The molecule has 4 N–H and O–H groups in total. The summed E-state index contributed by atoms with van der Waals surface area (Å²) < 4.78 is 0. The Hall–Kier alpha value is -2.48. The van der Waals surface area contributed by atoms with Gasteiger partial charge in [0.1, 0.15) is 5.00 Å². The number of hydrogen-bond acceptors (Lipinski definition) is 5. The summed E-state index contributed by atoms with van der Waals surface area (Å²) in [5.41, 5.74) is 9.47. The van der Waals surface area contributed by atoms with Gasteiger partial charge < -0.3 is 11.1 Å². The zero-order chi connectivity index (χ0) is 21.1. The number of amides is 2. The van der Waals surface area contributed by atoms with Gasteiger partial charge in [-0.1, -0.05) is 35.9 Å². The van der Waals surface area contributed by atoms with E-state index in [9.17, 15) is 9.59 Å². The molecule has 5 nitrogen and oxygen atoms in total. The van der Waals surface area contributed by atoms with Crippen LogP contribution in [0.1, 0.15) is 55.7 Å². The molecule has 7 heteroatoms. The fraction of sp³-hybridized carbons (Fsp3) is 0.304. The van der Waals surface area contributed by atoms with Crippen molar-refractivity contribution in [1.29, 1.82) is 0 Å². The molecule has 30 heavy (non-hydrogen) atoms. The molecule has 156 valence electrons. The van der Waals surface area contributed by atoms with Gasteiger partial charge in [0.2, 0.25) is 5.91 Å².